The molecule has 0 spiro atoms. The second kappa shape index (κ2) is 18.9. The number of benzene rings is 5. The van der Waals surface area contributed by atoms with Crippen molar-refractivity contribution >= 4 is 17.8 Å². The summed E-state index contributed by atoms with van der Waals surface area (Å²) in [5.41, 5.74) is 4.80. The molecule has 0 aliphatic carbocycles. The summed E-state index contributed by atoms with van der Waals surface area (Å²) in [5, 5.41) is 14.6. The first-order valence-corrected chi connectivity index (χ1v) is 20.2. The Hall–Kier alpha value is -6.42. The van der Waals surface area contributed by atoms with E-state index in [1.807, 2.05) is 124 Å². The molecule has 0 fully saturated rings. The maximum atomic E-state index is 13.7. The lowest BCUT2D eigenvalue weighted by atomic mass is 9.77. The molecule has 1 heterocycles. The molecule has 0 aliphatic rings. The second-order valence-electron chi connectivity index (χ2n) is 16.0. The van der Waals surface area contributed by atoms with Crippen LogP contribution < -0.4 is 0 Å². The quantitative estimate of drug-likeness (QED) is 0.0541. The number of tetrazole rings is 1. The summed E-state index contributed by atoms with van der Waals surface area (Å²) in [5.74, 6) is -1.04. The Balaban J connectivity index is 1.32. The average Bonchev–Trinajstić information content (AvgIpc) is 3.74. The third-order valence-electron chi connectivity index (χ3n) is 10.4. The van der Waals surface area contributed by atoms with Gasteiger partial charge in [0.15, 0.2) is 5.54 Å². The number of ether oxygens (including phenoxy) is 2. The highest BCUT2D eigenvalue weighted by Crippen LogP contribution is 2.40. The van der Waals surface area contributed by atoms with Crippen molar-refractivity contribution in [3.63, 3.8) is 0 Å². The molecule has 1 atom stereocenters. The minimum Gasteiger partial charge on any atom is -0.427 e. The van der Waals surface area contributed by atoms with Crippen LogP contribution in [0.5, 0.6) is 0 Å². The summed E-state index contributed by atoms with van der Waals surface area (Å²) in [7, 11) is 0. The summed E-state index contributed by atoms with van der Waals surface area (Å²) < 4.78 is 10.6. The van der Waals surface area contributed by atoms with Gasteiger partial charge in [0.1, 0.15) is 6.04 Å². The molecule has 1 aromatic heterocycles. The van der Waals surface area contributed by atoms with Crippen molar-refractivity contribution in [2.75, 3.05) is 6.79 Å². The molecule has 5 aromatic carbocycles. The van der Waals surface area contributed by atoms with Gasteiger partial charge in [0.05, 0.1) is 5.41 Å². The number of amides is 1. The molecule has 6 aromatic rings. The van der Waals surface area contributed by atoms with Crippen molar-refractivity contribution < 1.29 is 23.9 Å². The van der Waals surface area contributed by atoms with Crippen molar-refractivity contribution in [3.8, 4) is 22.5 Å². The fourth-order valence-electron chi connectivity index (χ4n) is 7.28. The molecular formula is C49H53N5O5. The van der Waals surface area contributed by atoms with E-state index in [-0.39, 0.29) is 18.4 Å². The summed E-state index contributed by atoms with van der Waals surface area (Å²) in [6.07, 6.45) is 1.82. The monoisotopic (exact) mass is 791 g/mol. The Morgan fingerprint density at radius 1 is 0.695 bits per heavy atom. The van der Waals surface area contributed by atoms with Crippen LogP contribution in [0.2, 0.25) is 0 Å². The number of carbonyl (C=O) groups excluding carboxylic acids is 3. The van der Waals surface area contributed by atoms with Crippen molar-refractivity contribution in [2.45, 2.75) is 78.9 Å². The number of aromatic nitrogens is 4. The lowest BCUT2D eigenvalue weighted by molar-refractivity contribution is -0.178. The normalized spacial score (nSPS) is 12.2. The van der Waals surface area contributed by atoms with Crippen molar-refractivity contribution in [2.24, 2.45) is 11.3 Å². The van der Waals surface area contributed by atoms with E-state index in [2.05, 4.69) is 36.4 Å². The predicted octanol–water partition coefficient (Wildman–Crippen LogP) is 9.48. The van der Waals surface area contributed by atoms with Crippen LogP contribution in [0.4, 0.5) is 0 Å². The molecule has 0 saturated heterocycles. The smallest absolute Gasteiger partial charge is 0.332 e. The highest BCUT2D eigenvalue weighted by Gasteiger charge is 2.41. The predicted molar refractivity (Wildman–Crippen MR) is 229 cm³/mol. The van der Waals surface area contributed by atoms with Crippen molar-refractivity contribution in [3.05, 3.63) is 162 Å². The van der Waals surface area contributed by atoms with Gasteiger partial charge in [-0.05, 0) is 71.7 Å². The van der Waals surface area contributed by atoms with Gasteiger partial charge >= 0.3 is 11.9 Å². The first kappa shape index (κ1) is 42.2. The average molecular weight is 792 g/mol. The summed E-state index contributed by atoms with van der Waals surface area (Å²) in [4.78, 5) is 42.8. The van der Waals surface area contributed by atoms with Gasteiger partial charge in [-0.25, -0.2) is 4.79 Å². The fourth-order valence-corrected chi connectivity index (χ4v) is 7.28. The van der Waals surface area contributed by atoms with E-state index in [4.69, 9.17) is 24.9 Å². The van der Waals surface area contributed by atoms with E-state index in [1.54, 1.807) is 30.5 Å². The fraction of sp³-hybridized carbons (Fsp3) is 0.306. The first-order valence-electron chi connectivity index (χ1n) is 20.2. The standard InChI is InChI=1S/C49H53N5O5/c1-7-8-28-43(55)53(44(35(2)3)46(56)58-34-59-47(57)48(4,5)6)33-36-29-31-37(32-30-36)41-26-18-19-27-42(41)45-50-52-54(51-45)49(38-20-12-9-13-21-38,39-22-14-10-15-23-39)40-24-16-11-17-25-40/h9-27,29-32,35,44H,7-8,28,33-34H2,1-6H3/t44-/m0/s1. The number of esters is 2. The molecule has 304 valence electrons. The van der Waals surface area contributed by atoms with Gasteiger partial charge in [0.2, 0.25) is 18.5 Å². The van der Waals surface area contributed by atoms with Crippen LogP contribution in [0, 0.1) is 11.3 Å². The van der Waals surface area contributed by atoms with Crippen LogP contribution >= 0.6 is 0 Å². The Morgan fingerprint density at radius 3 is 1.73 bits per heavy atom. The largest absolute Gasteiger partial charge is 0.427 e. The lowest BCUT2D eigenvalue weighted by Crippen LogP contribution is -2.48. The van der Waals surface area contributed by atoms with Gasteiger partial charge in [-0.1, -0.05) is 167 Å². The van der Waals surface area contributed by atoms with Crippen LogP contribution in [0.25, 0.3) is 22.5 Å². The number of carbonyl (C=O) groups is 3. The molecule has 0 aliphatic heterocycles. The maximum absolute atomic E-state index is 13.7. The molecule has 1 amide bonds. The molecule has 10 heteroatoms. The number of hydrogen-bond donors (Lipinski definition) is 0. The third-order valence-corrected chi connectivity index (χ3v) is 10.4. The zero-order chi connectivity index (χ0) is 42.0. The van der Waals surface area contributed by atoms with Crippen molar-refractivity contribution in [1.29, 1.82) is 0 Å². The van der Waals surface area contributed by atoms with Gasteiger partial charge in [-0.15, -0.1) is 15.0 Å². The number of nitrogens with zero attached hydrogens (tertiary/aromatic N) is 5. The van der Waals surface area contributed by atoms with Gasteiger partial charge < -0.3 is 14.4 Å². The molecule has 6 rings (SSSR count). The SMILES string of the molecule is CCCCC(=O)N(Cc1ccc(-c2ccccc2-c2nnn(C(c3ccccc3)(c3ccccc3)c3ccccc3)n2)cc1)[C@H](C(=O)OCOC(=O)C(C)(C)C)C(C)C. The minimum absolute atomic E-state index is 0.143. The summed E-state index contributed by atoms with van der Waals surface area (Å²) in [6.45, 7) is 10.6. The first-order chi connectivity index (χ1) is 28.4. The Labute approximate surface area is 347 Å². The van der Waals surface area contributed by atoms with E-state index >= 15 is 0 Å². The molecular weight excluding hydrogens is 739 g/mol. The molecule has 0 N–H and O–H groups in total. The number of unbranched alkanes of at least 4 members (excludes halogenated alkanes) is 1. The van der Waals surface area contributed by atoms with E-state index in [0.717, 1.165) is 45.4 Å². The van der Waals surface area contributed by atoms with E-state index in [0.29, 0.717) is 18.7 Å². The lowest BCUT2D eigenvalue weighted by Gasteiger charge is -2.34. The van der Waals surface area contributed by atoms with Crippen LogP contribution in [0.1, 0.15) is 83.1 Å². The third kappa shape index (κ3) is 9.49. The summed E-state index contributed by atoms with van der Waals surface area (Å²) >= 11 is 0. The van der Waals surface area contributed by atoms with Crippen LogP contribution in [-0.4, -0.2) is 55.8 Å². The molecule has 59 heavy (non-hydrogen) atoms. The Bertz CT molecular complexity index is 2210. The van der Waals surface area contributed by atoms with Crippen LogP contribution in [0.15, 0.2) is 140 Å². The molecule has 0 unspecified atom stereocenters. The maximum Gasteiger partial charge on any atom is 0.332 e. The van der Waals surface area contributed by atoms with E-state index in [9.17, 15) is 14.4 Å². The molecule has 0 radical (unpaired) electrons. The molecule has 0 bridgehead atoms. The van der Waals surface area contributed by atoms with Gasteiger partial charge in [-0.2, -0.15) is 0 Å². The summed E-state index contributed by atoms with van der Waals surface area (Å²) in [6, 6.07) is 45.7. The number of hydrogen-bond acceptors (Lipinski definition) is 8. The zero-order valence-corrected chi connectivity index (χ0v) is 34.7. The van der Waals surface area contributed by atoms with E-state index < -0.39 is 35.7 Å². The minimum atomic E-state index is -0.913. The van der Waals surface area contributed by atoms with Crippen LogP contribution in [-0.2, 0) is 35.9 Å². The van der Waals surface area contributed by atoms with Crippen LogP contribution in [0.3, 0.4) is 0 Å². The van der Waals surface area contributed by atoms with Gasteiger partial charge in [0, 0.05) is 18.5 Å². The topological polar surface area (TPSA) is 117 Å². The molecule has 10 nitrogen and oxygen atoms in total. The highest BCUT2D eigenvalue weighted by atomic mass is 16.7. The van der Waals surface area contributed by atoms with Gasteiger partial charge in [-0.3, -0.25) is 9.59 Å². The number of rotatable bonds is 16. The Kier molecular flexibility index (Phi) is 13.5. The zero-order valence-electron chi connectivity index (χ0n) is 34.7. The highest BCUT2D eigenvalue weighted by molar-refractivity contribution is 5.85. The van der Waals surface area contributed by atoms with E-state index in [1.165, 1.54) is 0 Å². The Morgan fingerprint density at radius 2 is 1.22 bits per heavy atom. The van der Waals surface area contributed by atoms with Gasteiger partial charge in [0.25, 0.3) is 0 Å². The van der Waals surface area contributed by atoms with Crippen molar-refractivity contribution in [1.82, 2.24) is 25.1 Å². The molecule has 0 saturated carbocycles. The second-order valence-corrected chi connectivity index (χ2v) is 16.0.